The molecular weight excluding hydrogens is 196 g/mol. The first-order valence-corrected chi connectivity index (χ1v) is 5.27. The van der Waals surface area contributed by atoms with Crippen molar-refractivity contribution in [1.82, 2.24) is 0 Å². The van der Waals surface area contributed by atoms with Crippen molar-refractivity contribution in [3.63, 3.8) is 0 Å². The van der Waals surface area contributed by atoms with Crippen LogP contribution in [0.4, 0.5) is 14.5 Å². The first-order chi connectivity index (χ1) is 7.02. The van der Waals surface area contributed by atoms with Crippen LogP contribution in [0.25, 0.3) is 0 Å². The van der Waals surface area contributed by atoms with Gasteiger partial charge in [0.2, 0.25) is 0 Å². The number of hydrogen-bond donors (Lipinski definition) is 1. The second-order valence-electron chi connectivity index (χ2n) is 4.16. The molecule has 2 rings (SSSR count). The molecule has 1 N–H and O–H groups in total. The maximum absolute atomic E-state index is 13.2. The molecule has 1 aliphatic heterocycles. The summed E-state index contributed by atoms with van der Waals surface area (Å²) in [6.45, 7) is 3.39. The van der Waals surface area contributed by atoms with E-state index in [1.165, 1.54) is 5.56 Å². The number of benzene rings is 1. The van der Waals surface area contributed by atoms with Crippen LogP contribution in [0, 0.1) is 0 Å². The highest BCUT2D eigenvalue weighted by Crippen LogP contribution is 2.41. The van der Waals surface area contributed by atoms with Crippen molar-refractivity contribution in [2.75, 3.05) is 11.9 Å². The Morgan fingerprint density at radius 3 is 2.80 bits per heavy atom. The molecule has 0 bridgehead atoms. The van der Waals surface area contributed by atoms with E-state index in [4.69, 9.17) is 0 Å². The van der Waals surface area contributed by atoms with Gasteiger partial charge in [0.05, 0.1) is 5.92 Å². The second kappa shape index (κ2) is 3.47. The largest absolute Gasteiger partial charge is 0.384 e. The van der Waals surface area contributed by atoms with E-state index in [1.54, 1.807) is 0 Å². The zero-order chi connectivity index (χ0) is 11.1. The van der Waals surface area contributed by atoms with E-state index in [2.05, 4.69) is 12.2 Å². The van der Waals surface area contributed by atoms with Gasteiger partial charge in [-0.3, -0.25) is 0 Å². The van der Waals surface area contributed by atoms with Gasteiger partial charge >= 0.3 is 0 Å². The Balaban J connectivity index is 2.36. The number of anilines is 1. The van der Waals surface area contributed by atoms with Gasteiger partial charge in [-0.05, 0) is 23.6 Å². The van der Waals surface area contributed by atoms with E-state index in [-0.39, 0.29) is 0 Å². The predicted octanol–water partition coefficient (Wildman–Crippen LogP) is 3.41. The van der Waals surface area contributed by atoms with Gasteiger partial charge < -0.3 is 5.32 Å². The second-order valence-corrected chi connectivity index (χ2v) is 4.16. The maximum Gasteiger partial charge on any atom is 0.253 e. The van der Waals surface area contributed by atoms with Crippen molar-refractivity contribution < 1.29 is 8.78 Å². The van der Waals surface area contributed by atoms with Gasteiger partial charge in [0.1, 0.15) is 0 Å². The Bertz CT molecular complexity index is 368. The van der Waals surface area contributed by atoms with Crippen LogP contribution >= 0.6 is 0 Å². The molecule has 1 unspecified atom stereocenters. The lowest BCUT2D eigenvalue weighted by Crippen LogP contribution is -2.23. The molecule has 1 heterocycles. The molecule has 1 aromatic carbocycles. The van der Waals surface area contributed by atoms with Crippen LogP contribution in [-0.2, 0) is 6.42 Å². The number of hydrogen-bond acceptors (Lipinski definition) is 1. The molecule has 0 saturated carbocycles. The van der Waals surface area contributed by atoms with Crippen LogP contribution in [0.2, 0.25) is 0 Å². The van der Waals surface area contributed by atoms with Gasteiger partial charge in [-0.15, -0.1) is 0 Å². The van der Waals surface area contributed by atoms with E-state index in [0.29, 0.717) is 6.54 Å². The third-order valence-electron chi connectivity index (χ3n) is 3.01. The normalized spacial score (nSPS) is 19.9. The van der Waals surface area contributed by atoms with Gasteiger partial charge in [-0.25, -0.2) is 8.78 Å². The number of rotatable bonds is 2. The molecule has 0 spiro atoms. The molecule has 1 aliphatic rings. The molecule has 1 aromatic rings. The summed E-state index contributed by atoms with van der Waals surface area (Å²) in [5, 5.41) is 3.05. The summed E-state index contributed by atoms with van der Waals surface area (Å²) in [5.74, 6) is -3.33. The lowest BCUT2D eigenvalue weighted by molar-refractivity contribution is -0.00185. The molecule has 3 heteroatoms. The minimum Gasteiger partial charge on any atom is -0.384 e. The summed E-state index contributed by atoms with van der Waals surface area (Å²) in [4.78, 5) is 0. The number of halogens is 2. The third-order valence-corrected chi connectivity index (χ3v) is 3.01. The Hall–Kier alpha value is -1.12. The average molecular weight is 211 g/mol. The van der Waals surface area contributed by atoms with Crippen molar-refractivity contribution in [3.8, 4) is 0 Å². The van der Waals surface area contributed by atoms with Crippen LogP contribution in [0.3, 0.4) is 0 Å². The van der Waals surface area contributed by atoms with E-state index in [9.17, 15) is 8.78 Å². The zero-order valence-corrected chi connectivity index (χ0v) is 8.98. The standard InChI is InChI=1S/C12H15F2N/c1-3-8-4-5-9-10(12(2,13)14)7-15-11(9)6-8/h4-6,10,15H,3,7H2,1-2H3. The summed E-state index contributed by atoms with van der Waals surface area (Å²) in [7, 11) is 0. The number of alkyl halides is 2. The Labute approximate surface area is 88.5 Å². The molecule has 0 aliphatic carbocycles. The SMILES string of the molecule is CCc1ccc2c(c1)NCC2C(C)(F)F. The summed E-state index contributed by atoms with van der Waals surface area (Å²) in [5.41, 5.74) is 2.81. The smallest absolute Gasteiger partial charge is 0.253 e. The fraction of sp³-hybridized carbons (Fsp3) is 0.500. The summed E-state index contributed by atoms with van der Waals surface area (Å²) in [6, 6.07) is 5.74. The van der Waals surface area contributed by atoms with Crippen LogP contribution in [0.1, 0.15) is 30.9 Å². The molecule has 15 heavy (non-hydrogen) atoms. The van der Waals surface area contributed by atoms with Crippen LogP contribution in [-0.4, -0.2) is 12.5 Å². The minimum absolute atomic E-state index is 0.339. The minimum atomic E-state index is -2.65. The summed E-state index contributed by atoms with van der Waals surface area (Å²) < 4.78 is 26.5. The highest BCUT2D eigenvalue weighted by atomic mass is 19.3. The van der Waals surface area contributed by atoms with Gasteiger partial charge in [0.25, 0.3) is 5.92 Å². The topological polar surface area (TPSA) is 12.0 Å². The maximum atomic E-state index is 13.2. The highest BCUT2D eigenvalue weighted by Gasteiger charge is 2.39. The van der Waals surface area contributed by atoms with E-state index < -0.39 is 11.8 Å². The Kier molecular flexibility index (Phi) is 2.41. The monoisotopic (exact) mass is 211 g/mol. The van der Waals surface area contributed by atoms with Crippen LogP contribution in [0.5, 0.6) is 0 Å². The first-order valence-electron chi connectivity index (χ1n) is 5.27. The van der Waals surface area contributed by atoms with Crippen LogP contribution in [0.15, 0.2) is 18.2 Å². The number of nitrogens with one attached hydrogen (secondary N) is 1. The van der Waals surface area contributed by atoms with Gasteiger partial charge in [0, 0.05) is 19.2 Å². The Morgan fingerprint density at radius 2 is 2.20 bits per heavy atom. The summed E-state index contributed by atoms with van der Waals surface area (Å²) in [6.07, 6.45) is 0.933. The van der Waals surface area contributed by atoms with E-state index in [1.807, 2.05) is 18.2 Å². The molecular formula is C12H15F2N. The van der Waals surface area contributed by atoms with Gasteiger partial charge in [0.15, 0.2) is 0 Å². The fourth-order valence-electron chi connectivity index (χ4n) is 2.05. The van der Waals surface area contributed by atoms with Crippen molar-refractivity contribution >= 4 is 5.69 Å². The molecule has 0 saturated heterocycles. The van der Waals surface area contributed by atoms with Crippen molar-refractivity contribution in [2.24, 2.45) is 0 Å². The predicted molar refractivity (Wildman–Crippen MR) is 57.7 cm³/mol. The third kappa shape index (κ3) is 1.83. The lowest BCUT2D eigenvalue weighted by Gasteiger charge is -2.18. The molecule has 0 aromatic heterocycles. The van der Waals surface area contributed by atoms with Gasteiger partial charge in [-0.1, -0.05) is 19.1 Å². The fourth-order valence-corrected chi connectivity index (χ4v) is 2.05. The molecule has 0 radical (unpaired) electrons. The highest BCUT2D eigenvalue weighted by molar-refractivity contribution is 5.60. The molecule has 0 fully saturated rings. The van der Waals surface area contributed by atoms with Crippen LogP contribution < -0.4 is 5.32 Å². The molecule has 0 amide bonds. The van der Waals surface area contributed by atoms with E-state index in [0.717, 1.165) is 24.6 Å². The Morgan fingerprint density at radius 1 is 1.47 bits per heavy atom. The first kappa shape index (κ1) is 10.4. The van der Waals surface area contributed by atoms with E-state index >= 15 is 0 Å². The number of aryl methyl sites for hydroxylation is 1. The molecule has 1 atom stereocenters. The van der Waals surface area contributed by atoms with Crippen molar-refractivity contribution in [2.45, 2.75) is 32.1 Å². The van der Waals surface area contributed by atoms with Crippen molar-refractivity contribution in [3.05, 3.63) is 29.3 Å². The molecule has 82 valence electrons. The van der Waals surface area contributed by atoms with Crippen molar-refractivity contribution in [1.29, 1.82) is 0 Å². The number of fused-ring (bicyclic) bond motifs is 1. The molecule has 1 nitrogen and oxygen atoms in total. The summed E-state index contributed by atoms with van der Waals surface area (Å²) >= 11 is 0. The van der Waals surface area contributed by atoms with Gasteiger partial charge in [-0.2, -0.15) is 0 Å². The zero-order valence-electron chi connectivity index (χ0n) is 8.98. The lowest BCUT2D eigenvalue weighted by atomic mass is 9.94. The average Bonchev–Trinajstić information content (AvgIpc) is 2.59. The quantitative estimate of drug-likeness (QED) is 0.790.